The second-order valence-corrected chi connectivity index (χ2v) is 10.3. The normalized spacial score (nSPS) is 10.3. The Balaban J connectivity index is 0. The van der Waals surface area contributed by atoms with Gasteiger partial charge in [-0.25, -0.2) is 0 Å². The first kappa shape index (κ1) is 12.3. The first-order chi connectivity index (χ1) is 3.97. The van der Waals surface area contributed by atoms with Gasteiger partial charge in [-0.3, -0.25) is 0 Å². The Morgan fingerprint density at radius 1 is 1.22 bits per heavy atom. The van der Waals surface area contributed by atoms with E-state index in [4.69, 9.17) is 4.12 Å². The minimum atomic E-state index is -1.07. The van der Waals surface area contributed by atoms with Crippen molar-refractivity contribution in [2.45, 2.75) is 32.7 Å². The zero-order valence-electron chi connectivity index (χ0n) is 7.62. The third-order valence-corrected chi connectivity index (χ3v) is 5.51. The van der Waals surface area contributed by atoms with Gasteiger partial charge in [0.15, 0.2) is 8.32 Å². The number of hydrogen-bond acceptors (Lipinski definition) is 1. The van der Waals surface area contributed by atoms with Gasteiger partial charge in [0.05, 0.1) is 0 Å². The molecule has 9 heavy (non-hydrogen) atoms. The van der Waals surface area contributed by atoms with Gasteiger partial charge in [-0.15, -0.1) is 0 Å². The van der Waals surface area contributed by atoms with Gasteiger partial charge in [-0.2, -0.15) is 0 Å². The molecule has 0 aliphatic heterocycles. The molecule has 0 aromatic carbocycles. The summed E-state index contributed by atoms with van der Waals surface area (Å²) < 4.78 is 5.22. The molecule has 0 aliphatic carbocycles. The van der Waals surface area contributed by atoms with Crippen LogP contribution < -0.4 is 0 Å². The van der Waals surface area contributed by atoms with Crippen LogP contribution in [0.1, 0.15) is 0 Å². The second-order valence-electron chi connectivity index (χ2n) is 3.02. The summed E-state index contributed by atoms with van der Waals surface area (Å²) in [5, 5.41) is 0. The molecule has 0 amide bonds. The molecule has 0 bridgehead atoms. The first-order valence-electron chi connectivity index (χ1n) is 3.53. The molecule has 0 spiro atoms. The summed E-state index contributed by atoms with van der Waals surface area (Å²) in [7, 11) is 0.257. The van der Waals surface area contributed by atoms with Crippen molar-refractivity contribution in [3.05, 3.63) is 0 Å². The molecule has 0 rings (SSSR count). The Labute approximate surface area is 65.7 Å². The average Bonchev–Trinajstić information content (AvgIpc) is 1.67. The lowest BCUT2D eigenvalue weighted by atomic mass is 11.8. The quantitative estimate of drug-likeness (QED) is 0.530. The molecule has 0 radical (unpaired) electrons. The van der Waals surface area contributed by atoms with E-state index in [0.717, 1.165) is 10.5 Å². The highest BCUT2D eigenvalue weighted by Crippen LogP contribution is 1.96. The SMILES string of the molecule is C[SiH2]C.C[Si](C)(C)O[SiH3]. The topological polar surface area (TPSA) is 9.23 Å². The van der Waals surface area contributed by atoms with Gasteiger partial charge in [0.25, 0.3) is 0 Å². The standard InChI is InChI=1S/C3H12OSi2.C2H8Si/c1-6(2,3)4-5;1-3-2/h1-3,5H3;3H2,1-2H3. The minimum Gasteiger partial charge on any atom is -0.464 e. The van der Waals surface area contributed by atoms with Crippen molar-refractivity contribution < 1.29 is 4.12 Å². The Kier molecular flexibility index (Phi) is 9.19. The summed E-state index contributed by atoms with van der Waals surface area (Å²) in [5.41, 5.74) is 0. The molecule has 0 saturated heterocycles. The van der Waals surface area contributed by atoms with Crippen molar-refractivity contribution in [3.63, 3.8) is 0 Å². The largest absolute Gasteiger partial charge is 0.464 e. The lowest BCUT2D eigenvalue weighted by molar-refractivity contribution is 0.620. The van der Waals surface area contributed by atoms with Crippen LogP contribution >= 0.6 is 0 Å². The number of rotatable bonds is 1. The zero-order valence-corrected chi connectivity index (χ0v) is 12.0. The maximum Gasteiger partial charge on any atom is 0.169 e. The summed E-state index contributed by atoms with van der Waals surface area (Å²) in [4.78, 5) is 0. The third-order valence-electron chi connectivity index (χ3n) is 0.612. The predicted octanol–water partition coefficient (Wildman–Crippen LogP) is 0.370. The lowest BCUT2D eigenvalue weighted by Crippen LogP contribution is -2.23. The Morgan fingerprint density at radius 2 is 1.33 bits per heavy atom. The highest BCUT2D eigenvalue weighted by atomic mass is 28.4. The molecule has 58 valence electrons. The fourth-order valence-corrected chi connectivity index (χ4v) is 0. The van der Waals surface area contributed by atoms with Crippen LogP contribution in [0, 0.1) is 0 Å². The summed E-state index contributed by atoms with van der Waals surface area (Å²) in [6, 6.07) is 0. The lowest BCUT2D eigenvalue weighted by Gasteiger charge is -2.11. The van der Waals surface area contributed by atoms with Crippen LogP contribution in [0.5, 0.6) is 0 Å². The molecule has 1 nitrogen and oxygen atoms in total. The van der Waals surface area contributed by atoms with E-state index in [1.54, 1.807) is 0 Å². The van der Waals surface area contributed by atoms with Crippen LogP contribution in [0.15, 0.2) is 0 Å². The summed E-state index contributed by atoms with van der Waals surface area (Å²) in [6.45, 7) is 11.1. The molecule has 4 heteroatoms. The molecule has 0 saturated carbocycles. The van der Waals surface area contributed by atoms with E-state index < -0.39 is 8.32 Å². The molecule has 0 fully saturated rings. The molecular formula is C5H20OSi3. The Bertz CT molecular complexity index is 50.7. The fraction of sp³-hybridized carbons (Fsp3) is 1.00. The van der Waals surface area contributed by atoms with E-state index >= 15 is 0 Å². The maximum absolute atomic E-state index is 5.22. The van der Waals surface area contributed by atoms with Crippen LogP contribution in [-0.2, 0) is 4.12 Å². The molecule has 0 atom stereocenters. The zero-order chi connectivity index (χ0) is 7.91. The smallest absolute Gasteiger partial charge is 0.169 e. The van der Waals surface area contributed by atoms with Gasteiger partial charge in [0.2, 0.25) is 0 Å². The molecule has 0 aromatic rings. The summed E-state index contributed by atoms with van der Waals surface area (Å²) in [6.07, 6.45) is 0. The van der Waals surface area contributed by atoms with Gasteiger partial charge >= 0.3 is 0 Å². The maximum atomic E-state index is 5.22. The van der Waals surface area contributed by atoms with Crippen molar-refractivity contribution in [2.24, 2.45) is 0 Å². The predicted molar refractivity (Wildman–Crippen MR) is 54.6 cm³/mol. The van der Waals surface area contributed by atoms with Crippen LogP contribution in [0.25, 0.3) is 0 Å². The van der Waals surface area contributed by atoms with Crippen LogP contribution in [0.4, 0.5) is 0 Å². The van der Waals surface area contributed by atoms with E-state index in [1.165, 1.54) is 0 Å². The van der Waals surface area contributed by atoms with Crippen LogP contribution in [-0.4, -0.2) is 28.3 Å². The summed E-state index contributed by atoms with van der Waals surface area (Å²) in [5.74, 6) is 0. The van der Waals surface area contributed by atoms with Crippen molar-refractivity contribution in [1.82, 2.24) is 0 Å². The molecule has 0 unspecified atom stereocenters. The highest BCUT2D eigenvalue weighted by molar-refractivity contribution is 6.72. The van der Waals surface area contributed by atoms with Crippen molar-refractivity contribution in [2.75, 3.05) is 0 Å². The monoisotopic (exact) mass is 180 g/mol. The van der Waals surface area contributed by atoms with Crippen LogP contribution in [0.2, 0.25) is 32.7 Å². The van der Waals surface area contributed by atoms with Gasteiger partial charge < -0.3 is 4.12 Å². The van der Waals surface area contributed by atoms with Crippen molar-refractivity contribution in [3.8, 4) is 0 Å². The first-order valence-corrected chi connectivity index (χ1v) is 10.6. The molecule has 0 aromatic heterocycles. The van der Waals surface area contributed by atoms with E-state index in [2.05, 4.69) is 32.7 Å². The van der Waals surface area contributed by atoms with E-state index in [1.807, 2.05) is 0 Å². The minimum absolute atomic E-state index is 0.417. The molecule has 0 heterocycles. The van der Waals surface area contributed by atoms with E-state index in [0.29, 0.717) is 9.52 Å². The number of hydrogen-bond donors (Lipinski definition) is 0. The highest BCUT2D eigenvalue weighted by Gasteiger charge is 2.08. The van der Waals surface area contributed by atoms with Crippen molar-refractivity contribution in [1.29, 1.82) is 0 Å². The second kappa shape index (κ2) is 6.73. The Hall–Kier alpha value is 0.611. The van der Waals surface area contributed by atoms with Gasteiger partial charge in [-0.05, 0) is 19.6 Å². The average molecular weight is 180 g/mol. The molecule has 0 N–H and O–H groups in total. The molecule has 0 aliphatic rings. The van der Waals surface area contributed by atoms with Gasteiger partial charge in [0, 0.05) is 9.52 Å². The third kappa shape index (κ3) is 28.9. The van der Waals surface area contributed by atoms with Gasteiger partial charge in [-0.1, -0.05) is 13.1 Å². The van der Waals surface area contributed by atoms with E-state index in [9.17, 15) is 0 Å². The van der Waals surface area contributed by atoms with Crippen LogP contribution in [0.3, 0.4) is 0 Å². The fourth-order valence-electron chi connectivity index (χ4n) is 0. The Morgan fingerprint density at radius 3 is 1.33 bits per heavy atom. The van der Waals surface area contributed by atoms with E-state index in [-0.39, 0.29) is 0 Å². The van der Waals surface area contributed by atoms with Gasteiger partial charge in [0.1, 0.15) is 10.5 Å². The molecular weight excluding hydrogens is 160 g/mol. The van der Waals surface area contributed by atoms with Crippen molar-refractivity contribution >= 4 is 28.3 Å². The summed E-state index contributed by atoms with van der Waals surface area (Å²) >= 11 is 0.